The van der Waals surface area contributed by atoms with E-state index in [1.807, 2.05) is 66.7 Å². The predicted octanol–water partition coefficient (Wildman–Crippen LogP) is 6.91. The van der Waals surface area contributed by atoms with Crippen LogP contribution in [0.5, 0.6) is 0 Å². The van der Waals surface area contributed by atoms with E-state index in [0.717, 1.165) is 30.8 Å². The van der Waals surface area contributed by atoms with Crippen LogP contribution in [0.2, 0.25) is 0 Å². The quantitative estimate of drug-likeness (QED) is 0.226. The van der Waals surface area contributed by atoms with Crippen LogP contribution >= 0.6 is 27.3 Å². The molecule has 0 N–H and O–H groups in total. The highest BCUT2D eigenvalue weighted by molar-refractivity contribution is 9.10. The number of hydrogen-bond acceptors (Lipinski definition) is 5. The topological polar surface area (TPSA) is 72.5 Å². The van der Waals surface area contributed by atoms with Crippen molar-refractivity contribution in [1.82, 2.24) is 4.98 Å². The van der Waals surface area contributed by atoms with E-state index in [1.54, 1.807) is 12.1 Å². The molecule has 6 rings (SSSR count). The highest BCUT2D eigenvalue weighted by atomic mass is 79.9. The SMILES string of the molecule is O=S(=O)(N=c1oc2ccc3ccccc3c2cc1-c1nc2ccccc2s1)c1ccc(Br)cc1. The molecular weight excluding hydrogens is 532 g/mol. The van der Waals surface area contributed by atoms with Crippen LogP contribution in [0.15, 0.2) is 109 Å². The summed E-state index contributed by atoms with van der Waals surface area (Å²) in [5.41, 5.74) is 1.92. The predicted molar refractivity (Wildman–Crippen MR) is 139 cm³/mol. The van der Waals surface area contributed by atoms with Crippen molar-refractivity contribution in [3.63, 3.8) is 0 Å². The molecule has 166 valence electrons. The third-order valence-corrected chi connectivity index (χ3v) is 8.37. The summed E-state index contributed by atoms with van der Waals surface area (Å²) in [5.74, 6) is 0. The summed E-state index contributed by atoms with van der Waals surface area (Å²) >= 11 is 4.80. The van der Waals surface area contributed by atoms with Gasteiger partial charge in [-0.05, 0) is 59.3 Å². The number of para-hydroxylation sites is 1. The molecule has 0 radical (unpaired) electrons. The summed E-state index contributed by atoms with van der Waals surface area (Å²) in [4.78, 5) is 4.83. The molecule has 34 heavy (non-hydrogen) atoms. The minimum atomic E-state index is -4.01. The van der Waals surface area contributed by atoms with E-state index in [-0.39, 0.29) is 10.4 Å². The van der Waals surface area contributed by atoms with E-state index in [2.05, 4.69) is 20.3 Å². The Kier molecular flexibility index (Phi) is 5.09. The van der Waals surface area contributed by atoms with E-state index >= 15 is 0 Å². The van der Waals surface area contributed by atoms with Gasteiger partial charge in [0.25, 0.3) is 10.0 Å². The zero-order valence-corrected chi connectivity index (χ0v) is 20.7. The molecule has 0 saturated carbocycles. The van der Waals surface area contributed by atoms with Crippen molar-refractivity contribution in [2.24, 2.45) is 4.40 Å². The number of hydrogen-bond donors (Lipinski definition) is 0. The first kappa shape index (κ1) is 21.2. The second-order valence-corrected chi connectivity index (χ2v) is 11.2. The number of sulfonamides is 1. The van der Waals surface area contributed by atoms with Gasteiger partial charge in [0, 0.05) is 9.86 Å². The molecule has 0 aliphatic heterocycles. The fourth-order valence-corrected chi connectivity index (χ4v) is 6.03. The number of halogens is 1. The first-order valence-corrected chi connectivity index (χ1v) is 13.4. The Bertz CT molecular complexity index is 1860. The number of fused-ring (bicyclic) bond motifs is 4. The van der Waals surface area contributed by atoms with Gasteiger partial charge >= 0.3 is 0 Å². The van der Waals surface area contributed by atoms with Gasteiger partial charge in [-0.25, -0.2) is 4.98 Å². The normalized spacial score (nSPS) is 12.7. The minimum absolute atomic E-state index is 0.00440. The van der Waals surface area contributed by atoms with Crippen LogP contribution in [0.1, 0.15) is 0 Å². The molecule has 2 heterocycles. The Morgan fingerprint density at radius 3 is 2.44 bits per heavy atom. The van der Waals surface area contributed by atoms with Crippen LogP contribution in [0.25, 0.3) is 42.5 Å². The van der Waals surface area contributed by atoms with Gasteiger partial charge in [0.15, 0.2) is 0 Å². The molecule has 0 unspecified atom stereocenters. The van der Waals surface area contributed by atoms with Crippen molar-refractivity contribution in [2.75, 3.05) is 0 Å². The summed E-state index contributed by atoms with van der Waals surface area (Å²) < 4.78 is 38.4. The number of thiazole rings is 1. The lowest BCUT2D eigenvalue weighted by atomic mass is 10.0. The molecule has 0 fully saturated rings. The number of rotatable bonds is 3. The van der Waals surface area contributed by atoms with Crippen molar-refractivity contribution >= 4 is 69.2 Å². The summed E-state index contributed by atoms with van der Waals surface area (Å²) in [6.07, 6.45) is 0. The van der Waals surface area contributed by atoms with Crippen LogP contribution in [0.3, 0.4) is 0 Å². The molecule has 0 bridgehead atoms. The Hall–Kier alpha value is -3.33. The third kappa shape index (κ3) is 3.73. The van der Waals surface area contributed by atoms with Crippen molar-refractivity contribution in [1.29, 1.82) is 0 Å². The number of benzene rings is 4. The van der Waals surface area contributed by atoms with Gasteiger partial charge < -0.3 is 4.42 Å². The smallest absolute Gasteiger partial charge is 0.285 e. The molecule has 4 aromatic carbocycles. The highest BCUT2D eigenvalue weighted by Gasteiger charge is 2.18. The molecule has 0 atom stereocenters. The number of nitrogens with zero attached hydrogens (tertiary/aromatic N) is 2. The molecule has 6 aromatic rings. The Morgan fingerprint density at radius 2 is 1.62 bits per heavy atom. The van der Waals surface area contributed by atoms with Gasteiger partial charge in [-0.1, -0.05) is 58.4 Å². The lowest BCUT2D eigenvalue weighted by molar-refractivity contribution is 0.543. The van der Waals surface area contributed by atoms with Gasteiger partial charge in [0.2, 0.25) is 5.55 Å². The van der Waals surface area contributed by atoms with Crippen molar-refractivity contribution < 1.29 is 12.8 Å². The summed E-state index contributed by atoms with van der Waals surface area (Å²) in [6, 6.07) is 27.9. The van der Waals surface area contributed by atoms with Crippen LogP contribution in [-0.4, -0.2) is 13.4 Å². The molecule has 0 aliphatic carbocycles. The minimum Gasteiger partial charge on any atom is -0.437 e. The summed E-state index contributed by atoms with van der Waals surface area (Å²) in [7, 11) is -4.01. The van der Waals surface area contributed by atoms with Gasteiger partial charge in [-0.15, -0.1) is 15.7 Å². The second-order valence-electron chi connectivity index (χ2n) is 7.67. The summed E-state index contributed by atoms with van der Waals surface area (Å²) in [5, 5.41) is 3.58. The lowest BCUT2D eigenvalue weighted by Gasteiger charge is -2.06. The molecule has 0 saturated heterocycles. The molecule has 0 amide bonds. The lowest BCUT2D eigenvalue weighted by Crippen LogP contribution is -2.11. The van der Waals surface area contributed by atoms with Crippen LogP contribution in [0, 0.1) is 0 Å². The van der Waals surface area contributed by atoms with Crippen LogP contribution in [-0.2, 0) is 10.0 Å². The maximum Gasteiger partial charge on any atom is 0.285 e. The van der Waals surface area contributed by atoms with Gasteiger partial charge in [0.05, 0.1) is 20.7 Å². The van der Waals surface area contributed by atoms with E-state index in [0.29, 0.717) is 16.2 Å². The Balaban J connectivity index is 1.68. The van der Waals surface area contributed by atoms with Crippen molar-refractivity contribution in [2.45, 2.75) is 4.90 Å². The van der Waals surface area contributed by atoms with Crippen LogP contribution < -0.4 is 5.55 Å². The second kappa shape index (κ2) is 8.16. The highest BCUT2D eigenvalue weighted by Crippen LogP contribution is 2.32. The third-order valence-electron chi connectivity index (χ3n) is 5.50. The average molecular weight is 547 g/mol. The number of aromatic nitrogens is 1. The van der Waals surface area contributed by atoms with E-state index in [4.69, 9.17) is 9.40 Å². The fourth-order valence-electron chi connectivity index (χ4n) is 3.86. The van der Waals surface area contributed by atoms with Crippen molar-refractivity contribution in [3.8, 4) is 10.6 Å². The van der Waals surface area contributed by atoms with Crippen LogP contribution in [0.4, 0.5) is 0 Å². The molecule has 5 nitrogen and oxygen atoms in total. The van der Waals surface area contributed by atoms with Gasteiger partial charge in [0.1, 0.15) is 10.6 Å². The molecule has 0 aliphatic rings. The zero-order valence-electron chi connectivity index (χ0n) is 17.5. The van der Waals surface area contributed by atoms with Crippen molar-refractivity contribution in [3.05, 3.63) is 101 Å². The Labute approximate surface area is 207 Å². The Morgan fingerprint density at radius 1 is 0.853 bits per heavy atom. The van der Waals surface area contributed by atoms with Gasteiger partial charge in [-0.2, -0.15) is 8.42 Å². The van der Waals surface area contributed by atoms with Gasteiger partial charge in [-0.3, -0.25) is 0 Å². The molecule has 8 heteroatoms. The molecule has 0 spiro atoms. The van der Waals surface area contributed by atoms with E-state index in [1.165, 1.54) is 23.5 Å². The first-order valence-electron chi connectivity index (χ1n) is 10.4. The fraction of sp³-hybridized carbons (Fsp3) is 0. The standard InChI is InChI=1S/C26H15BrN2O3S2/c27-17-10-12-18(13-11-17)34(30,31)29-25-21(26-28-22-7-3-4-8-24(22)33-26)15-20-19-6-2-1-5-16(19)9-14-23(20)32-25/h1-15H. The molecular formula is C26H15BrN2O3S2. The van der Waals surface area contributed by atoms with E-state index in [9.17, 15) is 8.42 Å². The first-order chi connectivity index (χ1) is 16.5. The monoisotopic (exact) mass is 546 g/mol. The summed E-state index contributed by atoms with van der Waals surface area (Å²) in [6.45, 7) is 0. The zero-order chi connectivity index (χ0) is 23.3. The van der Waals surface area contributed by atoms with E-state index < -0.39 is 10.0 Å². The maximum atomic E-state index is 13.2. The average Bonchev–Trinajstić information content (AvgIpc) is 3.27. The maximum absolute atomic E-state index is 13.2. The molecule has 2 aromatic heterocycles. The largest absolute Gasteiger partial charge is 0.437 e.